The first-order valence-corrected chi connectivity index (χ1v) is 5.79. The molecule has 0 aliphatic rings. The number of hydrogen-bond donors (Lipinski definition) is 1. The first kappa shape index (κ1) is 13.7. The minimum absolute atomic E-state index is 0.224. The lowest BCUT2D eigenvalue weighted by Crippen LogP contribution is -2.08. The summed E-state index contributed by atoms with van der Waals surface area (Å²) in [7, 11) is 1.53. The summed E-state index contributed by atoms with van der Waals surface area (Å²) in [6, 6.07) is 8.41. The predicted molar refractivity (Wildman–Crippen MR) is 68.0 cm³/mol. The number of carboxylic acid groups (broad SMARTS) is 1. The molecule has 0 amide bonds. The van der Waals surface area contributed by atoms with Gasteiger partial charge in [-0.3, -0.25) is 0 Å². The molecule has 0 unspecified atom stereocenters. The molecule has 1 aromatic heterocycles. The van der Waals surface area contributed by atoms with Gasteiger partial charge in [-0.1, -0.05) is 17.3 Å². The molecule has 1 aromatic carbocycles. The van der Waals surface area contributed by atoms with E-state index in [9.17, 15) is 4.79 Å². The van der Waals surface area contributed by atoms with Gasteiger partial charge < -0.3 is 9.84 Å². The standard InChI is InChI=1S/C13H12N4O3/c1-20-8-12-11(6-14)15-16-17(12)7-9-2-4-10(5-3-9)13(18)19/h2-5H,7-8H2,1H3,(H,18,19). The maximum atomic E-state index is 10.8. The van der Waals surface area contributed by atoms with Crippen molar-refractivity contribution in [3.8, 4) is 6.07 Å². The number of benzene rings is 1. The Kier molecular flexibility index (Phi) is 4.08. The first-order valence-electron chi connectivity index (χ1n) is 5.79. The second-order valence-electron chi connectivity index (χ2n) is 4.09. The summed E-state index contributed by atoms with van der Waals surface area (Å²) in [6.07, 6.45) is 0. The third-order valence-corrected chi connectivity index (χ3v) is 2.76. The normalized spacial score (nSPS) is 10.2. The van der Waals surface area contributed by atoms with Gasteiger partial charge in [0.15, 0.2) is 5.69 Å². The predicted octanol–water partition coefficient (Wildman–Crippen LogP) is 1.04. The molecule has 2 rings (SSSR count). The van der Waals surface area contributed by atoms with E-state index in [1.165, 1.54) is 19.2 Å². The Bertz CT molecular complexity index is 655. The van der Waals surface area contributed by atoms with Crippen LogP contribution in [0.25, 0.3) is 0 Å². The van der Waals surface area contributed by atoms with Gasteiger partial charge in [-0.25, -0.2) is 9.48 Å². The number of nitriles is 1. The van der Waals surface area contributed by atoms with Crippen LogP contribution in [0.15, 0.2) is 24.3 Å². The number of aromatic nitrogens is 3. The van der Waals surface area contributed by atoms with Gasteiger partial charge >= 0.3 is 5.97 Å². The Morgan fingerprint density at radius 3 is 2.70 bits per heavy atom. The number of hydrogen-bond acceptors (Lipinski definition) is 5. The average Bonchev–Trinajstić information content (AvgIpc) is 2.82. The molecular formula is C13H12N4O3. The molecule has 0 radical (unpaired) electrons. The van der Waals surface area contributed by atoms with Crippen molar-refractivity contribution in [2.24, 2.45) is 0 Å². The van der Waals surface area contributed by atoms with Crippen LogP contribution in [0.4, 0.5) is 0 Å². The smallest absolute Gasteiger partial charge is 0.335 e. The molecule has 0 bridgehead atoms. The van der Waals surface area contributed by atoms with Crippen LogP contribution >= 0.6 is 0 Å². The van der Waals surface area contributed by atoms with Crippen molar-refractivity contribution in [3.63, 3.8) is 0 Å². The van der Waals surface area contributed by atoms with Crippen LogP contribution in [0.1, 0.15) is 27.3 Å². The fourth-order valence-corrected chi connectivity index (χ4v) is 1.75. The van der Waals surface area contributed by atoms with E-state index in [1.54, 1.807) is 16.8 Å². The molecule has 2 aromatic rings. The van der Waals surface area contributed by atoms with Crippen LogP contribution in [-0.2, 0) is 17.9 Å². The van der Waals surface area contributed by atoms with Crippen LogP contribution in [0.3, 0.4) is 0 Å². The van der Waals surface area contributed by atoms with E-state index in [1.807, 2.05) is 6.07 Å². The monoisotopic (exact) mass is 272 g/mol. The van der Waals surface area contributed by atoms with Gasteiger partial charge in [-0.15, -0.1) is 5.10 Å². The van der Waals surface area contributed by atoms with E-state index in [4.69, 9.17) is 15.1 Å². The van der Waals surface area contributed by atoms with E-state index in [-0.39, 0.29) is 17.9 Å². The van der Waals surface area contributed by atoms with E-state index in [2.05, 4.69) is 10.3 Å². The van der Waals surface area contributed by atoms with Gasteiger partial charge in [0.05, 0.1) is 18.7 Å². The van der Waals surface area contributed by atoms with Crippen molar-refractivity contribution in [2.45, 2.75) is 13.2 Å². The molecule has 0 aliphatic heterocycles. The lowest BCUT2D eigenvalue weighted by molar-refractivity contribution is 0.0697. The summed E-state index contributed by atoms with van der Waals surface area (Å²) in [5, 5.41) is 25.4. The molecule has 0 spiro atoms. The molecular weight excluding hydrogens is 260 g/mol. The highest BCUT2D eigenvalue weighted by atomic mass is 16.5. The summed E-state index contributed by atoms with van der Waals surface area (Å²) in [6.45, 7) is 0.635. The lowest BCUT2D eigenvalue weighted by Gasteiger charge is -2.06. The number of carboxylic acids is 1. The number of ether oxygens (including phenoxy) is 1. The van der Waals surface area contributed by atoms with Gasteiger partial charge in [0.1, 0.15) is 11.8 Å². The maximum absolute atomic E-state index is 10.8. The Labute approximate surface area is 115 Å². The fraction of sp³-hybridized carbons (Fsp3) is 0.231. The minimum Gasteiger partial charge on any atom is -0.478 e. The Morgan fingerprint density at radius 1 is 1.45 bits per heavy atom. The van der Waals surface area contributed by atoms with Crippen molar-refractivity contribution in [1.29, 1.82) is 5.26 Å². The van der Waals surface area contributed by atoms with Gasteiger partial charge in [-0.2, -0.15) is 5.26 Å². The summed E-state index contributed by atoms with van der Waals surface area (Å²) < 4.78 is 6.60. The zero-order valence-electron chi connectivity index (χ0n) is 10.8. The van der Waals surface area contributed by atoms with Crippen LogP contribution in [0.5, 0.6) is 0 Å². The van der Waals surface area contributed by atoms with Crippen molar-refractivity contribution in [3.05, 3.63) is 46.8 Å². The van der Waals surface area contributed by atoms with Crippen molar-refractivity contribution in [2.75, 3.05) is 7.11 Å². The van der Waals surface area contributed by atoms with E-state index < -0.39 is 5.97 Å². The van der Waals surface area contributed by atoms with E-state index >= 15 is 0 Å². The summed E-state index contributed by atoms with van der Waals surface area (Å²) in [5.74, 6) is -0.968. The highest BCUT2D eigenvalue weighted by molar-refractivity contribution is 5.87. The van der Waals surface area contributed by atoms with Gasteiger partial charge in [0.2, 0.25) is 0 Å². The minimum atomic E-state index is -0.968. The second kappa shape index (κ2) is 5.95. The lowest BCUT2D eigenvalue weighted by atomic mass is 10.1. The fourth-order valence-electron chi connectivity index (χ4n) is 1.75. The van der Waals surface area contributed by atoms with Crippen LogP contribution in [0.2, 0.25) is 0 Å². The average molecular weight is 272 g/mol. The number of nitrogens with zero attached hydrogens (tertiary/aromatic N) is 4. The highest BCUT2D eigenvalue weighted by Gasteiger charge is 2.12. The summed E-state index contributed by atoms with van der Waals surface area (Å²) >= 11 is 0. The van der Waals surface area contributed by atoms with Crippen molar-refractivity contribution < 1.29 is 14.6 Å². The molecule has 0 saturated carbocycles. The topological polar surface area (TPSA) is 101 Å². The van der Waals surface area contributed by atoms with Crippen LogP contribution < -0.4 is 0 Å². The third kappa shape index (κ3) is 2.81. The molecule has 1 N–H and O–H groups in total. The summed E-state index contributed by atoms with van der Waals surface area (Å²) in [5.41, 5.74) is 1.91. The Morgan fingerprint density at radius 2 is 2.15 bits per heavy atom. The molecule has 0 aliphatic carbocycles. The quantitative estimate of drug-likeness (QED) is 0.872. The highest BCUT2D eigenvalue weighted by Crippen LogP contribution is 2.10. The molecule has 0 fully saturated rings. The first-order chi connectivity index (χ1) is 9.65. The van der Waals surface area contributed by atoms with E-state index in [0.29, 0.717) is 12.2 Å². The molecule has 20 heavy (non-hydrogen) atoms. The Balaban J connectivity index is 2.23. The Hall–Kier alpha value is -2.72. The van der Waals surface area contributed by atoms with Crippen molar-refractivity contribution >= 4 is 5.97 Å². The van der Waals surface area contributed by atoms with Gasteiger partial charge in [0.25, 0.3) is 0 Å². The van der Waals surface area contributed by atoms with Crippen LogP contribution in [0, 0.1) is 11.3 Å². The molecule has 7 nitrogen and oxygen atoms in total. The number of aromatic carboxylic acids is 1. The number of carbonyl (C=O) groups is 1. The van der Waals surface area contributed by atoms with Gasteiger partial charge in [0, 0.05) is 7.11 Å². The maximum Gasteiger partial charge on any atom is 0.335 e. The second-order valence-corrected chi connectivity index (χ2v) is 4.09. The number of methoxy groups -OCH3 is 1. The molecule has 0 saturated heterocycles. The van der Waals surface area contributed by atoms with Gasteiger partial charge in [-0.05, 0) is 17.7 Å². The van der Waals surface area contributed by atoms with Crippen molar-refractivity contribution in [1.82, 2.24) is 15.0 Å². The molecule has 7 heteroatoms. The SMILES string of the molecule is COCc1c(C#N)nnn1Cc1ccc(C(=O)O)cc1. The van der Waals surface area contributed by atoms with Crippen LogP contribution in [-0.4, -0.2) is 33.2 Å². The molecule has 1 heterocycles. The largest absolute Gasteiger partial charge is 0.478 e. The number of rotatable bonds is 5. The third-order valence-electron chi connectivity index (χ3n) is 2.76. The zero-order chi connectivity index (χ0) is 14.5. The molecule has 102 valence electrons. The summed E-state index contributed by atoms with van der Waals surface area (Å²) in [4.78, 5) is 10.8. The van der Waals surface area contributed by atoms with E-state index in [0.717, 1.165) is 5.56 Å². The molecule has 0 atom stereocenters. The zero-order valence-corrected chi connectivity index (χ0v) is 10.8.